The molecule has 1 aliphatic rings. The minimum Gasteiger partial charge on any atom is -0.444 e. The Morgan fingerprint density at radius 3 is 2.65 bits per heavy atom. The highest BCUT2D eigenvalue weighted by Crippen LogP contribution is 2.25. The van der Waals surface area contributed by atoms with E-state index < -0.39 is 17.2 Å². The van der Waals surface area contributed by atoms with Crippen LogP contribution >= 0.6 is 0 Å². The van der Waals surface area contributed by atoms with E-state index in [0.29, 0.717) is 29.8 Å². The van der Waals surface area contributed by atoms with Gasteiger partial charge in [0.05, 0.1) is 11.0 Å². The minimum absolute atomic E-state index is 0.0381. The van der Waals surface area contributed by atoms with Crippen molar-refractivity contribution in [3.05, 3.63) is 29.6 Å². The van der Waals surface area contributed by atoms with Gasteiger partial charge in [0.15, 0.2) is 11.6 Å². The molecule has 1 aromatic carbocycles. The number of nitrogens with zero attached hydrogens (tertiary/aromatic N) is 3. The summed E-state index contributed by atoms with van der Waals surface area (Å²) in [7, 11) is 1.78. The van der Waals surface area contributed by atoms with Crippen LogP contribution in [0.3, 0.4) is 0 Å². The molecule has 0 unspecified atom stereocenters. The van der Waals surface area contributed by atoms with Gasteiger partial charge in [-0.05, 0) is 40.0 Å². The Labute approximate surface area is 151 Å². The Bertz CT molecular complexity index is 826. The normalized spacial score (nSPS) is 18.4. The molecule has 142 valence electrons. The van der Waals surface area contributed by atoms with E-state index >= 15 is 0 Å². The SMILES string of the molecule is Cn1c(C[C@@H]2CCCCN2C(=O)OC(C)(C)C)nc2cc(F)c(F)cc21. The smallest absolute Gasteiger partial charge is 0.410 e. The van der Waals surface area contributed by atoms with Crippen LogP contribution in [0.25, 0.3) is 11.0 Å². The molecule has 0 aliphatic carbocycles. The number of halogens is 2. The molecule has 0 N–H and O–H groups in total. The van der Waals surface area contributed by atoms with Gasteiger partial charge in [-0.3, -0.25) is 0 Å². The van der Waals surface area contributed by atoms with Crippen molar-refractivity contribution in [3.63, 3.8) is 0 Å². The first-order chi connectivity index (χ1) is 12.2. The molecule has 2 heterocycles. The molecule has 0 bridgehead atoms. The predicted molar refractivity (Wildman–Crippen MR) is 94.9 cm³/mol. The van der Waals surface area contributed by atoms with Crippen molar-refractivity contribution in [1.29, 1.82) is 0 Å². The second-order valence-electron chi connectivity index (χ2n) is 7.87. The highest BCUT2D eigenvalue weighted by Gasteiger charge is 2.31. The predicted octanol–water partition coefficient (Wildman–Crippen LogP) is 4.18. The lowest BCUT2D eigenvalue weighted by atomic mass is 9.99. The van der Waals surface area contributed by atoms with Crippen molar-refractivity contribution in [1.82, 2.24) is 14.5 Å². The lowest BCUT2D eigenvalue weighted by Crippen LogP contribution is -2.47. The Hall–Kier alpha value is -2.18. The zero-order valence-corrected chi connectivity index (χ0v) is 15.7. The Balaban J connectivity index is 1.85. The van der Waals surface area contributed by atoms with Crippen molar-refractivity contribution < 1.29 is 18.3 Å². The molecule has 1 aliphatic heterocycles. The summed E-state index contributed by atoms with van der Waals surface area (Å²) in [5, 5.41) is 0. The Morgan fingerprint density at radius 2 is 1.96 bits per heavy atom. The number of piperidine rings is 1. The van der Waals surface area contributed by atoms with E-state index in [2.05, 4.69) is 4.98 Å². The summed E-state index contributed by atoms with van der Waals surface area (Å²) < 4.78 is 34.3. The van der Waals surface area contributed by atoms with Gasteiger partial charge >= 0.3 is 6.09 Å². The standard InChI is InChI=1S/C19H25F2N3O2/c1-19(2,3)26-18(25)24-8-6-5-7-12(24)9-17-22-15-10-13(20)14(21)11-16(15)23(17)4/h10-12H,5-9H2,1-4H3/t12-/m0/s1. The zero-order valence-electron chi connectivity index (χ0n) is 15.7. The van der Waals surface area contributed by atoms with Crippen LogP contribution < -0.4 is 0 Å². The number of amides is 1. The molecule has 26 heavy (non-hydrogen) atoms. The van der Waals surface area contributed by atoms with E-state index in [1.54, 1.807) is 16.5 Å². The monoisotopic (exact) mass is 365 g/mol. The van der Waals surface area contributed by atoms with E-state index in [-0.39, 0.29) is 12.1 Å². The molecule has 5 nitrogen and oxygen atoms in total. The third kappa shape index (κ3) is 3.81. The van der Waals surface area contributed by atoms with Crippen molar-refractivity contribution in [2.75, 3.05) is 6.54 Å². The summed E-state index contributed by atoms with van der Waals surface area (Å²) in [4.78, 5) is 18.8. The van der Waals surface area contributed by atoms with E-state index in [0.717, 1.165) is 31.4 Å². The molecular weight excluding hydrogens is 340 g/mol. The second kappa shape index (κ2) is 6.85. The first-order valence-corrected chi connectivity index (χ1v) is 8.95. The molecule has 1 atom stereocenters. The number of ether oxygens (including phenoxy) is 1. The van der Waals surface area contributed by atoms with Crippen LogP contribution in [0.4, 0.5) is 13.6 Å². The maximum Gasteiger partial charge on any atom is 0.410 e. The van der Waals surface area contributed by atoms with E-state index in [4.69, 9.17) is 4.74 Å². The lowest BCUT2D eigenvalue weighted by molar-refractivity contribution is 0.00968. The molecule has 0 radical (unpaired) electrons. The summed E-state index contributed by atoms with van der Waals surface area (Å²) in [6.07, 6.45) is 3.02. The van der Waals surface area contributed by atoms with Gasteiger partial charge in [-0.25, -0.2) is 18.6 Å². The van der Waals surface area contributed by atoms with E-state index in [1.165, 1.54) is 0 Å². The number of likely N-dealkylation sites (tertiary alicyclic amines) is 1. The Kier molecular flexibility index (Phi) is 4.90. The largest absolute Gasteiger partial charge is 0.444 e. The average Bonchev–Trinajstić information content (AvgIpc) is 2.83. The van der Waals surface area contributed by atoms with Crippen LogP contribution in [0.2, 0.25) is 0 Å². The van der Waals surface area contributed by atoms with Gasteiger partial charge in [0, 0.05) is 38.2 Å². The van der Waals surface area contributed by atoms with Gasteiger partial charge in [-0.2, -0.15) is 0 Å². The van der Waals surface area contributed by atoms with Crippen LogP contribution in [0.15, 0.2) is 12.1 Å². The maximum atomic E-state index is 13.5. The molecule has 0 saturated carbocycles. The summed E-state index contributed by atoms with van der Waals surface area (Å²) in [5.74, 6) is -1.10. The summed E-state index contributed by atoms with van der Waals surface area (Å²) in [6, 6.07) is 2.23. The fourth-order valence-corrected chi connectivity index (χ4v) is 3.40. The third-order valence-electron chi connectivity index (χ3n) is 4.69. The van der Waals surface area contributed by atoms with Gasteiger partial charge in [0.25, 0.3) is 0 Å². The number of hydrogen-bond acceptors (Lipinski definition) is 3. The Morgan fingerprint density at radius 1 is 1.27 bits per heavy atom. The number of fused-ring (bicyclic) bond motifs is 1. The molecular formula is C19H25F2N3O2. The fourth-order valence-electron chi connectivity index (χ4n) is 3.40. The molecule has 2 aromatic rings. The van der Waals surface area contributed by atoms with Gasteiger partial charge < -0.3 is 14.2 Å². The van der Waals surface area contributed by atoms with Crippen LogP contribution in [0, 0.1) is 11.6 Å². The molecule has 1 fully saturated rings. The number of carbonyl (C=O) groups excluding carboxylic acids is 1. The lowest BCUT2D eigenvalue weighted by Gasteiger charge is -2.36. The molecule has 0 spiro atoms. The van der Waals surface area contributed by atoms with Crippen LogP contribution in [-0.2, 0) is 18.2 Å². The van der Waals surface area contributed by atoms with Crippen LogP contribution in [0.1, 0.15) is 45.9 Å². The number of carbonyl (C=O) groups is 1. The molecule has 1 aromatic heterocycles. The van der Waals surface area contributed by atoms with Crippen molar-refractivity contribution >= 4 is 17.1 Å². The maximum absolute atomic E-state index is 13.5. The quantitative estimate of drug-likeness (QED) is 0.802. The molecule has 1 saturated heterocycles. The highest BCUT2D eigenvalue weighted by atomic mass is 19.2. The average molecular weight is 365 g/mol. The third-order valence-corrected chi connectivity index (χ3v) is 4.69. The van der Waals surface area contributed by atoms with Gasteiger partial charge in [-0.1, -0.05) is 0 Å². The first-order valence-electron chi connectivity index (χ1n) is 8.95. The van der Waals surface area contributed by atoms with Crippen LogP contribution in [0.5, 0.6) is 0 Å². The minimum atomic E-state index is -0.907. The molecule has 7 heteroatoms. The first kappa shape index (κ1) is 18.6. The zero-order chi connectivity index (χ0) is 19.1. The number of aryl methyl sites for hydroxylation is 1. The van der Waals surface area contributed by atoms with Crippen molar-refractivity contribution in [2.24, 2.45) is 7.05 Å². The topological polar surface area (TPSA) is 47.4 Å². The summed E-state index contributed by atoms with van der Waals surface area (Å²) in [5.41, 5.74) is 0.408. The van der Waals surface area contributed by atoms with Crippen molar-refractivity contribution in [3.8, 4) is 0 Å². The molecule has 3 rings (SSSR count). The van der Waals surface area contributed by atoms with Gasteiger partial charge in [0.1, 0.15) is 11.4 Å². The number of benzene rings is 1. The number of aromatic nitrogens is 2. The fraction of sp³-hybridized carbons (Fsp3) is 0.579. The van der Waals surface area contributed by atoms with E-state index in [9.17, 15) is 13.6 Å². The number of rotatable bonds is 2. The van der Waals surface area contributed by atoms with E-state index in [1.807, 2.05) is 20.8 Å². The van der Waals surface area contributed by atoms with Gasteiger partial charge in [-0.15, -0.1) is 0 Å². The summed E-state index contributed by atoms with van der Waals surface area (Å²) in [6.45, 7) is 6.18. The number of imidazole rings is 1. The molecule has 1 amide bonds. The summed E-state index contributed by atoms with van der Waals surface area (Å²) >= 11 is 0. The van der Waals surface area contributed by atoms with Gasteiger partial charge in [0.2, 0.25) is 0 Å². The van der Waals surface area contributed by atoms with Crippen molar-refractivity contribution in [2.45, 2.75) is 58.1 Å². The highest BCUT2D eigenvalue weighted by molar-refractivity contribution is 5.76. The van der Waals surface area contributed by atoms with Crippen LogP contribution in [-0.4, -0.2) is 38.7 Å². The second-order valence-corrected chi connectivity index (χ2v) is 7.87. The number of hydrogen-bond donors (Lipinski definition) is 0.